The van der Waals surface area contributed by atoms with Crippen molar-refractivity contribution in [3.63, 3.8) is 0 Å². The number of carboxylic acids is 1. The number of aliphatic carboxylic acids is 1. The Morgan fingerprint density at radius 3 is 2.71 bits per heavy atom. The average molecular weight is 469 g/mol. The number of methoxy groups -OCH3 is 1. The van der Waals surface area contributed by atoms with E-state index in [-0.39, 0.29) is 6.61 Å². The van der Waals surface area contributed by atoms with Crippen molar-refractivity contribution < 1.29 is 19.4 Å². The second-order valence-corrected chi connectivity index (χ2v) is 8.12. The summed E-state index contributed by atoms with van der Waals surface area (Å²) < 4.78 is 11.7. The molecule has 28 heavy (non-hydrogen) atoms. The molecule has 1 aromatic carbocycles. The smallest absolute Gasteiger partial charge is 0.341 e. The summed E-state index contributed by atoms with van der Waals surface area (Å²) in [5.74, 6) is 2.12. The van der Waals surface area contributed by atoms with Crippen molar-refractivity contribution in [1.82, 2.24) is 4.98 Å². The molecule has 1 aromatic heterocycles. The summed E-state index contributed by atoms with van der Waals surface area (Å²) in [5.41, 5.74) is 0.888. The number of pyridine rings is 1. The van der Waals surface area contributed by atoms with Gasteiger partial charge >= 0.3 is 5.97 Å². The number of aromatic nitrogens is 1. The minimum atomic E-state index is -1.00. The Bertz CT molecular complexity index is 787. The average Bonchev–Trinajstić information content (AvgIpc) is 2.68. The summed E-state index contributed by atoms with van der Waals surface area (Å²) in [6.07, 6.45) is 2.81. The molecule has 1 N–H and O–H groups in total. The number of halogens is 1. The molecule has 0 radical (unpaired) electrons. The zero-order chi connectivity index (χ0) is 20.5. The lowest BCUT2D eigenvalue weighted by Crippen LogP contribution is -2.25. The topological polar surface area (TPSA) is 71.9 Å². The molecule has 0 aliphatic heterocycles. The van der Waals surface area contributed by atoms with Gasteiger partial charge in [-0.1, -0.05) is 0 Å². The first-order chi connectivity index (χ1) is 13.4. The molecule has 8 heteroatoms. The van der Waals surface area contributed by atoms with Gasteiger partial charge in [0, 0.05) is 34.7 Å². The molecule has 0 atom stereocenters. The fourth-order valence-electron chi connectivity index (χ4n) is 2.64. The molecule has 0 aliphatic carbocycles. The molecule has 1 heterocycles. The molecule has 6 nitrogen and oxygen atoms in total. The van der Waals surface area contributed by atoms with Crippen molar-refractivity contribution in [3.05, 3.63) is 40.5 Å². The van der Waals surface area contributed by atoms with E-state index in [1.165, 1.54) is 0 Å². The highest BCUT2D eigenvalue weighted by Crippen LogP contribution is 2.35. The fourth-order valence-corrected chi connectivity index (χ4v) is 3.91. The number of hydrogen-bond donors (Lipinski definition) is 1. The Morgan fingerprint density at radius 1 is 1.32 bits per heavy atom. The molecule has 152 valence electrons. The molecule has 0 amide bonds. The quantitative estimate of drug-likeness (QED) is 0.380. The Morgan fingerprint density at radius 2 is 2.11 bits per heavy atom. The van der Waals surface area contributed by atoms with Crippen LogP contribution >= 0.6 is 27.7 Å². The van der Waals surface area contributed by atoms with Gasteiger partial charge < -0.3 is 19.5 Å². The Balaban J connectivity index is 1.93. The fraction of sp³-hybridized carbons (Fsp3) is 0.400. The highest BCUT2D eigenvalue weighted by atomic mass is 79.9. The van der Waals surface area contributed by atoms with E-state index in [0.29, 0.717) is 11.5 Å². The first kappa shape index (κ1) is 22.4. The molecule has 0 saturated heterocycles. The van der Waals surface area contributed by atoms with Gasteiger partial charge in [-0.25, -0.2) is 9.78 Å². The van der Waals surface area contributed by atoms with Crippen molar-refractivity contribution in [3.8, 4) is 11.5 Å². The molecule has 0 bridgehead atoms. The second kappa shape index (κ2) is 11.2. The SMILES string of the molecule is CCN(CCCSc1cc(C)c(OCC(=O)O)cc1OC)c1ccc(Br)cn1. The summed E-state index contributed by atoms with van der Waals surface area (Å²) >= 11 is 5.13. The van der Waals surface area contributed by atoms with Gasteiger partial charge in [-0.3, -0.25) is 0 Å². The first-order valence-electron chi connectivity index (χ1n) is 8.97. The summed E-state index contributed by atoms with van der Waals surface area (Å²) in [7, 11) is 1.60. The molecular weight excluding hydrogens is 444 g/mol. The third kappa shape index (κ3) is 6.60. The Kier molecular flexibility index (Phi) is 8.92. The number of carbonyl (C=O) groups is 1. The van der Waals surface area contributed by atoms with Crippen LogP contribution in [0.2, 0.25) is 0 Å². The Hall–Kier alpha value is -1.93. The van der Waals surface area contributed by atoms with Gasteiger partial charge in [0.2, 0.25) is 0 Å². The zero-order valence-corrected chi connectivity index (χ0v) is 18.7. The van der Waals surface area contributed by atoms with Crippen molar-refractivity contribution in [2.24, 2.45) is 0 Å². The van der Waals surface area contributed by atoms with Crippen LogP contribution in [-0.2, 0) is 4.79 Å². The van der Waals surface area contributed by atoms with Crippen LogP contribution in [0.1, 0.15) is 18.9 Å². The van der Waals surface area contributed by atoms with E-state index in [1.807, 2.05) is 31.3 Å². The van der Waals surface area contributed by atoms with Crippen LogP contribution in [0, 0.1) is 6.92 Å². The monoisotopic (exact) mass is 468 g/mol. The standard InChI is InChI=1S/C20H25BrN2O4S/c1-4-23(19-7-6-15(21)12-22-19)8-5-9-28-18-10-14(2)16(11-17(18)26-3)27-13-20(24)25/h6-7,10-12H,4-5,8-9,13H2,1-3H3,(H,24,25). The summed E-state index contributed by atoms with van der Waals surface area (Å²) in [6, 6.07) is 7.75. The normalized spacial score (nSPS) is 10.6. The van der Waals surface area contributed by atoms with Crippen molar-refractivity contribution in [1.29, 1.82) is 0 Å². The summed E-state index contributed by atoms with van der Waals surface area (Å²) in [6.45, 7) is 5.47. The lowest BCUT2D eigenvalue weighted by atomic mass is 10.2. The van der Waals surface area contributed by atoms with Gasteiger partial charge in [-0.15, -0.1) is 11.8 Å². The van der Waals surface area contributed by atoms with Crippen LogP contribution in [0.3, 0.4) is 0 Å². The zero-order valence-electron chi connectivity index (χ0n) is 16.3. The van der Waals surface area contributed by atoms with Crippen LogP contribution in [0.4, 0.5) is 5.82 Å². The number of rotatable bonds is 11. The van der Waals surface area contributed by atoms with E-state index < -0.39 is 5.97 Å². The Labute approximate surface area is 178 Å². The molecule has 2 rings (SSSR count). The molecule has 0 spiro atoms. The van der Waals surface area contributed by atoms with E-state index in [1.54, 1.807) is 24.9 Å². The van der Waals surface area contributed by atoms with Crippen LogP contribution in [-0.4, -0.2) is 48.6 Å². The van der Waals surface area contributed by atoms with E-state index in [2.05, 4.69) is 32.7 Å². The highest BCUT2D eigenvalue weighted by molar-refractivity contribution is 9.10. The molecule has 0 aliphatic rings. The van der Waals surface area contributed by atoms with Crippen molar-refractivity contribution in [2.45, 2.75) is 25.2 Å². The lowest BCUT2D eigenvalue weighted by Gasteiger charge is -2.22. The molecule has 0 unspecified atom stereocenters. The molecule has 2 aromatic rings. The first-order valence-corrected chi connectivity index (χ1v) is 10.7. The van der Waals surface area contributed by atoms with Gasteiger partial charge in [0.15, 0.2) is 6.61 Å². The van der Waals surface area contributed by atoms with Crippen LogP contribution < -0.4 is 14.4 Å². The predicted molar refractivity (Wildman–Crippen MR) is 116 cm³/mol. The molecule has 0 fully saturated rings. The maximum Gasteiger partial charge on any atom is 0.341 e. The van der Waals surface area contributed by atoms with Crippen LogP contribution in [0.25, 0.3) is 0 Å². The van der Waals surface area contributed by atoms with E-state index in [4.69, 9.17) is 14.6 Å². The minimum Gasteiger partial charge on any atom is -0.495 e. The number of anilines is 1. The summed E-state index contributed by atoms with van der Waals surface area (Å²) in [4.78, 5) is 18.4. The van der Waals surface area contributed by atoms with Crippen LogP contribution in [0.5, 0.6) is 11.5 Å². The predicted octanol–water partition coefficient (Wildman–Crippen LogP) is 4.63. The number of benzene rings is 1. The maximum atomic E-state index is 10.7. The van der Waals surface area contributed by atoms with Gasteiger partial charge in [0.1, 0.15) is 17.3 Å². The van der Waals surface area contributed by atoms with E-state index >= 15 is 0 Å². The largest absolute Gasteiger partial charge is 0.495 e. The molecule has 0 saturated carbocycles. The molecular formula is C20H25BrN2O4S. The van der Waals surface area contributed by atoms with Gasteiger partial charge in [-0.05, 0) is 65.7 Å². The number of ether oxygens (including phenoxy) is 2. The number of hydrogen-bond acceptors (Lipinski definition) is 6. The van der Waals surface area contributed by atoms with E-state index in [9.17, 15) is 4.79 Å². The highest BCUT2D eigenvalue weighted by Gasteiger charge is 2.12. The summed E-state index contributed by atoms with van der Waals surface area (Å²) in [5, 5.41) is 8.78. The van der Waals surface area contributed by atoms with Crippen molar-refractivity contribution >= 4 is 39.5 Å². The third-order valence-corrected chi connectivity index (χ3v) is 5.65. The lowest BCUT2D eigenvalue weighted by molar-refractivity contribution is -0.139. The van der Waals surface area contributed by atoms with Crippen LogP contribution in [0.15, 0.2) is 39.8 Å². The number of thioether (sulfide) groups is 1. The number of aryl methyl sites for hydroxylation is 1. The minimum absolute atomic E-state index is 0.368. The van der Waals surface area contributed by atoms with Gasteiger partial charge in [-0.2, -0.15) is 0 Å². The van der Waals surface area contributed by atoms with E-state index in [0.717, 1.165) is 46.0 Å². The van der Waals surface area contributed by atoms with Gasteiger partial charge in [0.05, 0.1) is 7.11 Å². The number of nitrogens with zero attached hydrogens (tertiary/aromatic N) is 2. The number of carboxylic acid groups (broad SMARTS) is 1. The second-order valence-electron chi connectivity index (χ2n) is 6.07. The maximum absolute atomic E-state index is 10.7. The van der Waals surface area contributed by atoms with Crippen molar-refractivity contribution in [2.75, 3.05) is 37.5 Å². The van der Waals surface area contributed by atoms with Gasteiger partial charge in [0.25, 0.3) is 0 Å². The third-order valence-electron chi connectivity index (χ3n) is 4.06.